The van der Waals surface area contributed by atoms with Crippen molar-refractivity contribution in [3.8, 4) is 0 Å². The molecule has 140 valence electrons. The molecule has 1 aromatic carbocycles. The van der Waals surface area contributed by atoms with Gasteiger partial charge < -0.3 is 15.1 Å². The van der Waals surface area contributed by atoms with Crippen molar-refractivity contribution in [3.63, 3.8) is 0 Å². The van der Waals surface area contributed by atoms with Crippen LogP contribution in [0.5, 0.6) is 0 Å². The Hall–Kier alpha value is -1.72. The number of hydrogen-bond donors (Lipinski definition) is 2. The second-order valence-electron chi connectivity index (χ2n) is 6.34. The summed E-state index contributed by atoms with van der Waals surface area (Å²) in [4.78, 5) is 9.09. The molecule has 0 amide bonds. The number of aliphatic imine (C=N–C) groups is 1. The summed E-state index contributed by atoms with van der Waals surface area (Å²) in [5.41, 5.74) is 0.839. The van der Waals surface area contributed by atoms with Crippen LogP contribution in [0.3, 0.4) is 0 Å². The third-order valence-corrected chi connectivity index (χ3v) is 5.46. The summed E-state index contributed by atoms with van der Waals surface area (Å²) < 4.78 is 5.40. The quantitative estimate of drug-likeness (QED) is 0.641. The number of hydrogen-bond acceptors (Lipinski definition) is 4. The second kappa shape index (κ2) is 8.31. The van der Waals surface area contributed by atoms with Crippen molar-refractivity contribution in [2.75, 3.05) is 10.6 Å². The maximum Gasteiger partial charge on any atom is 0.243 e. The van der Waals surface area contributed by atoms with Gasteiger partial charge >= 0.3 is 0 Å². The largest absolute Gasteiger partial charge is 0.425 e. The van der Waals surface area contributed by atoms with Crippen molar-refractivity contribution in [3.05, 3.63) is 40.2 Å². The smallest absolute Gasteiger partial charge is 0.243 e. The maximum atomic E-state index is 6.10. The van der Waals surface area contributed by atoms with Crippen molar-refractivity contribution in [1.82, 2.24) is 4.98 Å². The molecule has 0 radical (unpaired) electrons. The van der Waals surface area contributed by atoms with Crippen LogP contribution in [-0.2, 0) is 6.54 Å². The van der Waals surface area contributed by atoms with Crippen LogP contribution in [-0.4, -0.2) is 16.4 Å². The maximum absolute atomic E-state index is 6.10. The predicted octanol–water partition coefficient (Wildman–Crippen LogP) is 6.15. The highest BCUT2D eigenvalue weighted by Crippen LogP contribution is 2.39. The molecule has 2 aromatic rings. The molecule has 0 atom stereocenters. The fraction of sp³-hybridized carbons (Fsp3) is 0.474. The Balaban J connectivity index is 0.000000948. The normalized spacial score (nSPS) is 19.2. The molecule has 2 aliphatic rings. The van der Waals surface area contributed by atoms with Crippen LogP contribution in [0.1, 0.15) is 51.5 Å². The first kappa shape index (κ1) is 19.1. The minimum absolute atomic E-state index is 0.182. The molecular formula is C19H24Cl2N4O. The monoisotopic (exact) mass is 394 g/mol. The van der Waals surface area contributed by atoms with Gasteiger partial charge in [0.15, 0.2) is 12.2 Å². The molecule has 1 saturated carbocycles. The van der Waals surface area contributed by atoms with Crippen LogP contribution in [0.4, 0.5) is 11.7 Å². The lowest BCUT2D eigenvalue weighted by Gasteiger charge is -2.41. The summed E-state index contributed by atoms with van der Waals surface area (Å²) in [6, 6.07) is 5.61. The van der Waals surface area contributed by atoms with Gasteiger partial charge in [-0.25, -0.2) is 0 Å². The zero-order valence-electron chi connectivity index (χ0n) is 15.1. The number of amidine groups is 1. The molecule has 2 N–H and O–H groups in total. The van der Waals surface area contributed by atoms with Gasteiger partial charge in [0.05, 0.1) is 22.1 Å². The molecule has 5 nitrogen and oxygen atoms in total. The van der Waals surface area contributed by atoms with Gasteiger partial charge in [-0.1, -0.05) is 62.4 Å². The van der Waals surface area contributed by atoms with Crippen LogP contribution in [0.15, 0.2) is 34.0 Å². The number of anilines is 2. The van der Waals surface area contributed by atoms with Gasteiger partial charge in [-0.15, -0.1) is 0 Å². The number of nitrogens with one attached hydrogen (secondary N) is 2. The molecule has 7 heteroatoms. The number of halogens is 2. The third kappa shape index (κ3) is 3.84. The van der Waals surface area contributed by atoms with Crippen LogP contribution >= 0.6 is 23.2 Å². The molecule has 0 saturated heterocycles. The average molecular weight is 395 g/mol. The molecule has 0 bridgehead atoms. The van der Waals surface area contributed by atoms with E-state index in [-0.39, 0.29) is 5.54 Å². The standard InChI is InChI=1S/C17H18Cl2N4O.C2H6/c18-12-5-4-11(8-13(12)19)9-20-16-17(6-2-1-3-7-17)23-14-15(22-16)24-10-21-14;1-2/h4-5,8,10,23H,1-3,6-7,9H2,(H,20,22);1-2H3. The lowest BCUT2D eigenvalue weighted by Crippen LogP contribution is -2.53. The lowest BCUT2D eigenvalue weighted by molar-refractivity contribution is 0.400. The Kier molecular flexibility index (Phi) is 6.09. The number of aromatic nitrogens is 1. The first-order valence-electron chi connectivity index (χ1n) is 9.14. The van der Waals surface area contributed by atoms with Crippen LogP contribution < -0.4 is 10.6 Å². The molecule has 2 heterocycles. The average Bonchev–Trinajstić information content (AvgIpc) is 3.11. The number of nitrogens with zero attached hydrogens (tertiary/aromatic N) is 2. The van der Waals surface area contributed by atoms with E-state index in [1.807, 2.05) is 26.0 Å². The molecular weight excluding hydrogens is 371 g/mol. The third-order valence-electron chi connectivity index (χ3n) is 4.72. The Morgan fingerprint density at radius 1 is 1.15 bits per heavy atom. The van der Waals surface area contributed by atoms with Gasteiger partial charge in [0.1, 0.15) is 5.84 Å². The van der Waals surface area contributed by atoms with E-state index in [9.17, 15) is 0 Å². The highest BCUT2D eigenvalue weighted by molar-refractivity contribution is 6.42. The van der Waals surface area contributed by atoms with E-state index in [4.69, 9.17) is 32.6 Å². The van der Waals surface area contributed by atoms with E-state index < -0.39 is 0 Å². The molecule has 1 aliphatic heterocycles. The Morgan fingerprint density at radius 3 is 2.65 bits per heavy atom. The molecule has 4 rings (SSSR count). The molecule has 0 unspecified atom stereocenters. The van der Waals surface area contributed by atoms with E-state index in [0.29, 0.717) is 22.5 Å². The van der Waals surface area contributed by atoms with Gasteiger partial charge in [0.25, 0.3) is 0 Å². The van der Waals surface area contributed by atoms with E-state index in [1.54, 1.807) is 6.07 Å². The number of benzene rings is 1. The Labute approximate surface area is 164 Å². The lowest BCUT2D eigenvalue weighted by atomic mass is 9.79. The summed E-state index contributed by atoms with van der Waals surface area (Å²) in [7, 11) is 0. The molecule has 26 heavy (non-hydrogen) atoms. The van der Waals surface area contributed by atoms with E-state index in [0.717, 1.165) is 30.1 Å². The fourth-order valence-electron chi connectivity index (χ4n) is 3.45. The second-order valence-corrected chi connectivity index (χ2v) is 7.15. The Bertz CT molecular complexity index is 782. The molecule has 1 aromatic heterocycles. The van der Waals surface area contributed by atoms with Gasteiger partial charge in [-0.05, 0) is 30.5 Å². The predicted molar refractivity (Wildman–Crippen MR) is 109 cm³/mol. The van der Waals surface area contributed by atoms with Gasteiger partial charge in [-0.2, -0.15) is 4.98 Å². The molecule has 1 aliphatic carbocycles. The van der Waals surface area contributed by atoms with Gasteiger partial charge in [-0.3, -0.25) is 4.99 Å². The number of rotatable bonds is 2. The van der Waals surface area contributed by atoms with E-state index in [1.165, 1.54) is 25.7 Å². The van der Waals surface area contributed by atoms with Crippen molar-refractivity contribution in [1.29, 1.82) is 0 Å². The Morgan fingerprint density at radius 2 is 1.92 bits per heavy atom. The van der Waals surface area contributed by atoms with Crippen molar-refractivity contribution in [2.24, 2.45) is 4.99 Å². The zero-order valence-corrected chi connectivity index (χ0v) is 16.6. The van der Waals surface area contributed by atoms with Crippen LogP contribution in [0.25, 0.3) is 0 Å². The highest BCUT2D eigenvalue weighted by atomic mass is 35.5. The minimum Gasteiger partial charge on any atom is -0.425 e. The van der Waals surface area contributed by atoms with Gasteiger partial charge in [0, 0.05) is 0 Å². The summed E-state index contributed by atoms with van der Waals surface area (Å²) in [6.45, 7) is 4.53. The molecule has 1 spiro atoms. The van der Waals surface area contributed by atoms with E-state index in [2.05, 4.69) is 15.6 Å². The first-order chi connectivity index (χ1) is 12.7. The topological polar surface area (TPSA) is 62.5 Å². The SMILES string of the molecule is CC.Clc1ccc(CN=C2Nc3ocnc3NC23CCCCC3)cc1Cl. The highest BCUT2D eigenvalue weighted by Gasteiger charge is 2.42. The van der Waals surface area contributed by atoms with Crippen LogP contribution in [0.2, 0.25) is 10.0 Å². The first-order valence-corrected chi connectivity index (χ1v) is 9.89. The minimum atomic E-state index is -0.182. The van der Waals surface area contributed by atoms with Gasteiger partial charge in [0.2, 0.25) is 5.88 Å². The summed E-state index contributed by atoms with van der Waals surface area (Å²) in [6.07, 6.45) is 7.12. The number of fused-ring (bicyclic) bond motifs is 1. The van der Waals surface area contributed by atoms with Crippen molar-refractivity contribution < 1.29 is 4.42 Å². The summed E-state index contributed by atoms with van der Waals surface area (Å²) >= 11 is 12.1. The summed E-state index contributed by atoms with van der Waals surface area (Å²) in [5.74, 6) is 2.31. The van der Waals surface area contributed by atoms with E-state index >= 15 is 0 Å². The zero-order chi connectivity index (χ0) is 18.6. The van der Waals surface area contributed by atoms with Crippen LogP contribution in [0, 0.1) is 0 Å². The van der Waals surface area contributed by atoms with Crippen molar-refractivity contribution >= 4 is 40.7 Å². The fourth-order valence-corrected chi connectivity index (χ4v) is 3.77. The summed E-state index contributed by atoms with van der Waals surface area (Å²) in [5, 5.41) is 7.99. The number of oxazole rings is 1. The molecule has 1 fully saturated rings. The van der Waals surface area contributed by atoms with Crippen molar-refractivity contribution in [2.45, 2.75) is 58.0 Å².